The van der Waals surface area contributed by atoms with Gasteiger partial charge >= 0.3 is 0 Å². The molecule has 0 amide bonds. The molecule has 130 valence electrons. The Balaban J connectivity index is 1.57. The topological polar surface area (TPSA) is 30.5 Å². The summed E-state index contributed by atoms with van der Waals surface area (Å²) in [6, 6.07) is 10.7. The highest BCUT2D eigenvalue weighted by atomic mass is 32.1. The zero-order valence-electron chi connectivity index (χ0n) is 14.6. The lowest BCUT2D eigenvalue weighted by Crippen LogP contribution is -2.17. The van der Waals surface area contributed by atoms with Gasteiger partial charge in [0.2, 0.25) is 6.79 Å². The molecule has 0 saturated carbocycles. The zero-order chi connectivity index (χ0) is 16.8. The first kappa shape index (κ1) is 17.3. The molecule has 0 spiro atoms. The van der Waals surface area contributed by atoms with Crippen molar-refractivity contribution in [2.24, 2.45) is 5.92 Å². The van der Waals surface area contributed by atoms with Crippen molar-refractivity contribution in [2.75, 3.05) is 13.3 Å². The highest BCUT2D eigenvalue weighted by Crippen LogP contribution is 2.37. The lowest BCUT2D eigenvalue weighted by molar-refractivity contribution is 0.174. The predicted octanol–water partition coefficient (Wildman–Crippen LogP) is 5.18. The Bertz CT molecular complexity index is 625. The van der Waals surface area contributed by atoms with E-state index in [-0.39, 0.29) is 0 Å². The van der Waals surface area contributed by atoms with Crippen molar-refractivity contribution in [1.29, 1.82) is 0 Å². The van der Waals surface area contributed by atoms with Crippen molar-refractivity contribution in [2.45, 2.75) is 45.6 Å². The smallest absolute Gasteiger partial charge is 0.231 e. The van der Waals surface area contributed by atoms with E-state index in [0.29, 0.717) is 12.7 Å². The van der Waals surface area contributed by atoms with Crippen LogP contribution in [-0.4, -0.2) is 13.3 Å². The molecule has 4 heteroatoms. The molecule has 24 heavy (non-hydrogen) atoms. The fraction of sp³-hybridized carbons (Fsp3) is 0.500. The third-order valence-electron chi connectivity index (χ3n) is 4.51. The van der Waals surface area contributed by atoms with Crippen molar-refractivity contribution >= 4 is 11.3 Å². The Labute approximate surface area is 149 Å². The number of ether oxygens (including phenoxy) is 2. The third-order valence-corrected chi connectivity index (χ3v) is 5.39. The average Bonchev–Trinajstić information content (AvgIpc) is 3.24. The highest BCUT2D eigenvalue weighted by molar-refractivity contribution is 7.09. The van der Waals surface area contributed by atoms with Crippen LogP contribution in [0.25, 0.3) is 0 Å². The molecule has 1 N–H and O–H groups in total. The van der Waals surface area contributed by atoms with Gasteiger partial charge in [0.15, 0.2) is 11.5 Å². The Hall–Kier alpha value is -1.52. The van der Waals surface area contributed by atoms with Gasteiger partial charge in [-0.05, 0) is 60.4 Å². The molecule has 1 aromatic carbocycles. The standard InChI is InChI=1S/C20H27NO2S/c1-15(2)5-6-16(9-10-21-13-18-4-3-11-24-18)17-7-8-19-20(12-17)23-14-22-19/h3-4,7-8,11-12,15-16,21H,5-6,9-10,13-14H2,1-2H3/t16-/m1/s1. The molecule has 1 aliphatic rings. The van der Waals surface area contributed by atoms with Crippen LogP contribution >= 0.6 is 11.3 Å². The lowest BCUT2D eigenvalue weighted by atomic mass is 9.88. The quantitative estimate of drug-likeness (QED) is 0.636. The minimum absolute atomic E-state index is 0.345. The van der Waals surface area contributed by atoms with E-state index >= 15 is 0 Å². The number of rotatable bonds is 9. The summed E-state index contributed by atoms with van der Waals surface area (Å²) in [7, 11) is 0. The van der Waals surface area contributed by atoms with Gasteiger partial charge in [-0.1, -0.05) is 32.4 Å². The molecule has 3 rings (SSSR count). The van der Waals surface area contributed by atoms with Crippen LogP contribution in [0.5, 0.6) is 11.5 Å². The van der Waals surface area contributed by atoms with Crippen LogP contribution in [-0.2, 0) is 6.54 Å². The van der Waals surface area contributed by atoms with Gasteiger partial charge in [0, 0.05) is 11.4 Å². The number of thiophene rings is 1. The van der Waals surface area contributed by atoms with Gasteiger partial charge in [0.05, 0.1) is 0 Å². The van der Waals surface area contributed by atoms with E-state index in [0.717, 1.165) is 36.9 Å². The van der Waals surface area contributed by atoms with Gasteiger partial charge < -0.3 is 14.8 Å². The zero-order valence-corrected chi connectivity index (χ0v) is 15.4. The highest BCUT2D eigenvalue weighted by Gasteiger charge is 2.18. The summed E-state index contributed by atoms with van der Waals surface area (Å²) in [6.45, 7) is 6.94. The maximum atomic E-state index is 5.55. The molecule has 0 unspecified atom stereocenters. The summed E-state index contributed by atoms with van der Waals surface area (Å²) in [5, 5.41) is 5.72. The fourth-order valence-electron chi connectivity index (χ4n) is 3.08. The molecule has 0 saturated heterocycles. The number of hydrogen-bond acceptors (Lipinski definition) is 4. The molecule has 2 heterocycles. The molecule has 0 bridgehead atoms. The van der Waals surface area contributed by atoms with Gasteiger partial charge in [-0.3, -0.25) is 0 Å². The van der Waals surface area contributed by atoms with Crippen LogP contribution in [0.1, 0.15) is 49.5 Å². The monoisotopic (exact) mass is 345 g/mol. The van der Waals surface area contributed by atoms with Gasteiger partial charge in [-0.25, -0.2) is 0 Å². The van der Waals surface area contributed by atoms with Crippen LogP contribution in [0.4, 0.5) is 0 Å². The number of fused-ring (bicyclic) bond motifs is 1. The Kier molecular flexibility index (Phi) is 6.16. The molecule has 0 radical (unpaired) electrons. The van der Waals surface area contributed by atoms with E-state index in [2.05, 4.69) is 54.9 Å². The molecule has 3 nitrogen and oxygen atoms in total. The SMILES string of the molecule is CC(C)CC[C@H](CCNCc1cccs1)c1ccc2c(c1)OCO2. The molecule has 0 aliphatic carbocycles. The normalized spacial score (nSPS) is 14.3. The molecule has 1 atom stereocenters. The summed E-state index contributed by atoms with van der Waals surface area (Å²) >= 11 is 1.81. The van der Waals surface area contributed by atoms with E-state index in [1.54, 1.807) is 0 Å². The summed E-state index contributed by atoms with van der Waals surface area (Å²) in [5.41, 5.74) is 1.37. The summed E-state index contributed by atoms with van der Waals surface area (Å²) in [4.78, 5) is 1.40. The van der Waals surface area contributed by atoms with Crippen LogP contribution in [0.15, 0.2) is 35.7 Å². The van der Waals surface area contributed by atoms with Crippen molar-refractivity contribution in [3.05, 3.63) is 46.2 Å². The summed E-state index contributed by atoms with van der Waals surface area (Å²) < 4.78 is 11.0. The Morgan fingerprint density at radius 2 is 1.96 bits per heavy atom. The minimum Gasteiger partial charge on any atom is -0.454 e. The molecule has 1 aromatic heterocycles. The summed E-state index contributed by atoms with van der Waals surface area (Å²) in [5.74, 6) is 3.07. The van der Waals surface area contributed by atoms with E-state index in [4.69, 9.17) is 9.47 Å². The van der Waals surface area contributed by atoms with Gasteiger partial charge in [0.1, 0.15) is 0 Å². The number of hydrogen-bond donors (Lipinski definition) is 1. The van der Waals surface area contributed by atoms with E-state index in [1.165, 1.54) is 23.3 Å². The second kappa shape index (κ2) is 8.54. The van der Waals surface area contributed by atoms with Crippen LogP contribution < -0.4 is 14.8 Å². The number of benzene rings is 1. The van der Waals surface area contributed by atoms with Gasteiger partial charge in [-0.2, -0.15) is 0 Å². The maximum Gasteiger partial charge on any atom is 0.231 e. The lowest BCUT2D eigenvalue weighted by Gasteiger charge is -2.19. The van der Waals surface area contributed by atoms with E-state index in [9.17, 15) is 0 Å². The van der Waals surface area contributed by atoms with Crippen LogP contribution in [0, 0.1) is 5.92 Å². The summed E-state index contributed by atoms with van der Waals surface area (Å²) in [6.07, 6.45) is 3.62. The van der Waals surface area contributed by atoms with Gasteiger partial charge in [-0.15, -0.1) is 11.3 Å². The predicted molar refractivity (Wildman–Crippen MR) is 100 cm³/mol. The van der Waals surface area contributed by atoms with Crippen molar-refractivity contribution in [1.82, 2.24) is 5.32 Å². The fourth-order valence-corrected chi connectivity index (χ4v) is 3.75. The number of nitrogens with one attached hydrogen (secondary N) is 1. The first-order valence-corrected chi connectivity index (χ1v) is 9.73. The van der Waals surface area contributed by atoms with Crippen LogP contribution in [0.3, 0.4) is 0 Å². The second-order valence-electron chi connectivity index (χ2n) is 6.83. The Morgan fingerprint density at radius 3 is 2.75 bits per heavy atom. The first-order valence-electron chi connectivity index (χ1n) is 8.85. The molecule has 0 fully saturated rings. The maximum absolute atomic E-state index is 5.55. The molecule has 1 aliphatic heterocycles. The second-order valence-corrected chi connectivity index (χ2v) is 7.86. The van der Waals surface area contributed by atoms with Crippen molar-refractivity contribution in [3.8, 4) is 11.5 Å². The van der Waals surface area contributed by atoms with E-state index in [1.807, 2.05) is 11.3 Å². The third kappa shape index (κ3) is 4.74. The van der Waals surface area contributed by atoms with Crippen LogP contribution in [0.2, 0.25) is 0 Å². The van der Waals surface area contributed by atoms with Crippen molar-refractivity contribution in [3.63, 3.8) is 0 Å². The van der Waals surface area contributed by atoms with Gasteiger partial charge in [0.25, 0.3) is 0 Å². The largest absolute Gasteiger partial charge is 0.454 e. The molecule has 2 aromatic rings. The Morgan fingerprint density at radius 1 is 1.08 bits per heavy atom. The molecular formula is C20H27NO2S. The van der Waals surface area contributed by atoms with Crippen molar-refractivity contribution < 1.29 is 9.47 Å². The average molecular weight is 346 g/mol. The van der Waals surface area contributed by atoms with E-state index < -0.39 is 0 Å². The molecular weight excluding hydrogens is 318 g/mol. The first-order chi connectivity index (χ1) is 11.7. The minimum atomic E-state index is 0.345.